The first kappa shape index (κ1) is 13.2. The summed E-state index contributed by atoms with van der Waals surface area (Å²) in [5.74, 6) is 0. The number of hydrogen-bond acceptors (Lipinski definition) is 2. The molecule has 0 radical (unpaired) electrons. The number of hydrogen-bond donors (Lipinski definition) is 2. The lowest BCUT2D eigenvalue weighted by atomic mass is 10.1. The highest BCUT2D eigenvalue weighted by molar-refractivity contribution is 5.85. The number of benzene rings is 1. The Kier molecular flexibility index (Phi) is 3.78. The molecule has 1 saturated heterocycles. The van der Waals surface area contributed by atoms with E-state index in [1.54, 1.807) is 0 Å². The summed E-state index contributed by atoms with van der Waals surface area (Å²) in [6.07, 6.45) is 2.06. The second-order valence-corrected chi connectivity index (χ2v) is 4.80. The number of halogens is 1. The Morgan fingerprint density at radius 1 is 1.28 bits per heavy atom. The van der Waals surface area contributed by atoms with Crippen LogP contribution in [0, 0.1) is 6.92 Å². The van der Waals surface area contributed by atoms with Crippen LogP contribution in [0.5, 0.6) is 0 Å². The molecule has 18 heavy (non-hydrogen) atoms. The molecule has 0 unspecified atom stereocenters. The van der Waals surface area contributed by atoms with Crippen molar-refractivity contribution in [3.63, 3.8) is 0 Å². The molecular weight excluding hydrogens is 250 g/mol. The summed E-state index contributed by atoms with van der Waals surface area (Å²) >= 11 is 0. The van der Waals surface area contributed by atoms with Crippen molar-refractivity contribution < 1.29 is 0 Å². The second kappa shape index (κ2) is 5.16. The van der Waals surface area contributed by atoms with Crippen LogP contribution >= 0.6 is 12.4 Å². The van der Waals surface area contributed by atoms with Crippen molar-refractivity contribution in [1.29, 1.82) is 0 Å². The van der Waals surface area contributed by atoms with Gasteiger partial charge in [0, 0.05) is 6.04 Å². The van der Waals surface area contributed by atoms with Crippen LogP contribution in [0.15, 0.2) is 23.0 Å². The second-order valence-electron chi connectivity index (χ2n) is 4.80. The number of H-pyrrole nitrogens is 1. The molecule has 2 N–H and O–H groups in total. The molecule has 1 aromatic carbocycles. The van der Waals surface area contributed by atoms with E-state index in [-0.39, 0.29) is 18.1 Å². The van der Waals surface area contributed by atoms with Crippen molar-refractivity contribution in [3.05, 3.63) is 34.2 Å². The van der Waals surface area contributed by atoms with Crippen molar-refractivity contribution >= 4 is 23.4 Å². The number of aryl methyl sites for hydroxylation is 1. The largest absolute Gasteiger partial charge is 0.326 e. The van der Waals surface area contributed by atoms with E-state index >= 15 is 0 Å². The minimum absolute atomic E-state index is 0. The molecule has 0 amide bonds. The molecule has 2 aromatic rings. The minimum atomic E-state index is 0. The molecule has 0 bridgehead atoms. The fourth-order valence-corrected chi connectivity index (χ4v) is 2.66. The maximum absolute atomic E-state index is 12.0. The lowest BCUT2D eigenvalue weighted by Crippen LogP contribution is -2.33. The van der Waals surface area contributed by atoms with Crippen LogP contribution in [0.4, 0.5) is 0 Å². The van der Waals surface area contributed by atoms with Gasteiger partial charge in [-0.3, -0.25) is 4.57 Å². The molecule has 1 aliphatic rings. The summed E-state index contributed by atoms with van der Waals surface area (Å²) in [6.45, 7) is 4.05. The Morgan fingerprint density at radius 2 is 2.00 bits per heavy atom. The van der Waals surface area contributed by atoms with Crippen LogP contribution in [-0.2, 0) is 0 Å². The number of rotatable bonds is 1. The van der Waals surface area contributed by atoms with Crippen molar-refractivity contribution in [2.45, 2.75) is 25.8 Å². The number of piperidine rings is 1. The van der Waals surface area contributed by atoms with Gasteiger partial charge < -0.3 is 10.3 Å². The van der Waals surface area contributed by atoms with Crippen molar-refractivity contribution in [2.75, 3.05) is 13.1 Å². The highest BCUT2D eigenvalue weighted by atomic mass is 35.5. The molecule has 3 rings (SSSR count). The van der Waals surface area contributed by atoms with Gasteiger partial charge in [0.15, 0.2) is 0 Å². The number of aromatic nitrogens is 2. The number of imidazole rings is 1. The molecule has 1 aromatic heterocycles. The van der Waals surface area contributed by atoms with Crippen molar-refractivity contribution in [1.82, 2.24) is 14.9 Å². The van der Waals surface area contributed by atoms with E-state index in [0.717, 1.165) is 37.0 Å². The van der Waals surface area contributed by atoms with E-state index in [1.807, 2.05) is 16.7 Å². The fraction of sp³-hybridized carbons (Fsp3) is 0.462. The molecular formula is C13H18ClN3O. The quantitative estimate of drug-likeness (QED) is 0.830. The smallest absolute Gasteiger partial charge is 0.317 e. The van der Waals surface area contributed by atoms with Crippen molar-refractivity contribution in [3.8, 4) is 0 Å². The molecule has 0 aliphatic carbocycles. The molecule has 0 spiro atoms. The van der Waals surface area contributed by atoms with E-state index < -0.39 is 0 Å². The molecule has 0 saturated carbocycles. The fourth-order valence-electron chi connectivity index (χ4n) is 2.66. The first-order chi connectivity index (χ1) is 8.25. The first-order valence-corrected chi connectivity index (χ1v) is 6.17. The zero-order valence-corrected chi connectivity index (χ0v) is 11.2. The van der Waals surface area contributed by atoms with Gasteiger partial charge in [0.2, 0.25) is 0 Å². The van der Waals surface area contributed by atoms with E-state index in [0.29, 0.717) is 6.04 Å². The van der Waals surface area contributed by atoms with E-state index in [2.05, 4.69) is 23.3 Å². The molecule has 2 heterocycles. The number of fused-ring (bicyclic) bond motifs is 1. The van der Waals surface area contributed by atoms with Crippen LogP contribution in [0.1, 0.15) is 24.4 Å². The summed E-state index contributed by atoms with van der Waals surface area (Å²) in [7, 11) is 0. The standard InChI is InChI=1S/C13H17N3O.ClH/c1-9-2-3-11-12(8-9)16(13(17)15-11)10-4-6-14-7-5-10;/h2-3,8,10,14H,4-7H2,1H3,(H,15,17);1H. The predicted molar refractivity (Wildman–Crippen MR) is 75.7 cm³/mol. The highest BCUT2D eigenvalue weighted by Crippen LogP contribution is 2.22. The summed E-state index contributed by atoms with van der Waals surface area (Å²) < 4.78 is 1.93. The van der Waals surface area contributed by atoms with Gasteiger partial charge in [0.1, 0.15) is 0 Å². The average molecular weight is 268 g/mol. The zero-order valence-electron chi connectivity index (χ0n) is 10.4. The maximum atomic E-state index is 12.0. The van der Waals surface area contributed by atoms with Crippen LogP contribution < -0.4 is 11.0 Å². The lowest BCUT2D eigenvalue weighted by molar-refractivity contribution is 0.368. The minimum Gasteiger partial charge on any atom is -0.317 e. The van der Waals surface area contributed by atoms with Crippen LogP contribution in [0.25, 0.3) is 11.0 Å². The third-order valence-corrected chi connectivity index (χ3v) is 3.55. The monoisotopic (exact) mass is 267 g/mol. The molecule has 1 aliphatic heterocycles. The third-order valence-electron chi connectivity index (χ3n) is 3.55. The molecule has 4 nitrogen and oxygen atoms in total. The van der Waals surface area contributed by atoms with Gasteiger partial charge in [-0.2, -0.15) is 0 Å². The Bertz CT molecular complexity index is 596. The highest BCUT2D eigenvalue weighted by Gasteiger charge is 2.19. The maximum Gasteiger partial charge on any atom is 0.326 e. The van der Waals surface area contributed by atoms with Crippen LogP contribution in [0.3, 0.4) is 0 Å². The summed E-state index contributed by atoms with van der Waals surface area (Å²) in [4.78, 5) is 15.0. The van der Waals surface area contributed by atoms with Gasteiger partial charge in [0.05, 0.1) is 11.0 Å². The molecule has 1 fully saturated rings. The average Bonchev–Trinajstić information content (AvgIpc) is 2.65. The number of nitrogens with one attached hydrogen (secondary N) is 2. The predicted octanol–water partition coefficient (Wildman–Crippen LogP) is 1.98. The normalized spacial score (nSPS) is 16.7. The van der Waals surface area contributed by atoms with Gasteiger partial charge in [-0.15, -0.1) is 12.4 Å². The Morgan fingerprint density at radius 3 is 2.72 bits per heavy atom. The lowest BCUT2D eigenvalue weighted by Gasteiger charge is -2.23. The van der Waals surface area contributed by atoms with Gasteiger partial charge in [0.25, 0.3) is 0 Å². The first-order valence-electron chi connectivity index (χ1n) is 6.17. The third kappa shape index (κ3) is 2.18. The number of nitrogens with zero attached hydrogens (tertiary/aromatic N) is 1. The molecule has 5 heteroatoms. The molecule has 98 valence electrons. The van der Waals surface area contributed by atoms with E-state index in [9.17, 15) is 4.79 Å². The Hall–Kier alpha value is -1.26. The van der Waals surface area contributed by atoms with E-state index in [1.165, 1.54) is 5.56 Å². The topological polar surface area (TPSA) is 49.8 Å². The SMILES string of the molecule is Cc1ccc2[nH]c(=O)n(C3CCNCC3)c2c1.Cl. The summed E-state index contributed by atoms with van der Waals surface area (Å²) in [5, 5.41) is 3.33. The molecule has 0 atom stereocenters. The zero-order chi connectivity index (χ0) is 11.8. The van der Waals surface area contributed by atoms with E-state index in [4.69, 9.17) is 0 Å². The van der Waals surface area contributed by atoms with Gasteiger partial charge >= 0.3 is 5.69 Å². The Balaban J connectivity index is 0.00000120. The van der Waals surface area contributed by atoms with Gasteiger partial charge in [-0.1, -0.05) is 6.07 Å². The van der Waals surface area contributed by atoms with Gasteiger partial charge in [-0.05, 0) is 50.6 Å². The van der Waals surface area contributed by atoms with Crippen LogP contribution in [-0.4, -0.2) is 22.6 Å². The Labute approximate surface area is 112 Å². The van der Waals surface area contributed by atoms with Gasteiger partial charge in [-0.25, -0.2) is 4.79 Å². The summed E-state index contributed by atoms with van der Waals surface area (Å²) in [5.41, 5.74) is 3.21. The van der Waals surface area contributed by atoms with Crippen molar-refractivity contribution in [2.24, 2.45) is 0 Å². The summed E-state index contributed by atoms with van der Waals surface area (Å²) in [6, 6.07) is 6.45. The number of aromatic amines is 1. The van der Waals surface area contributed by atoms with Crippen LogP contribution in [0.2, 0.25) is 0 Å².